The van der Waals surface area contributed by atoms with Crippen LogP contribution in [0, 0.1) is 6.92 Å². The SMILES string of the molecule is CCNC(=NCc1cccnc1OC)NCC(C)(O)c1ccc(C)o1.I. The fourth-order valence-electron chi connectivity index (χ4n) is 2.30. The highest BCUT2D eigenvalue weighted by Crippen LogP contribution is 2.22. The fraction of sp³-hybridized carbons (Fsp3) is 0.444. The van der Waals surface area contributed by atoms with Crippen molar-refractivity contribution in [2.45, 2.75) is 32.9 Å². The van der Waals surface area contributed by atoms with Crippen molar-refractivity contribution in [3.8, 4) is 5.88 Å². The molecule has 0 bridgehead atoms. The van der Waals surface area contributed by atoms with E-state index in [9.17, 15) is 5.11 Å². The van der Waals surface area contributed by atoms with E-state index in [1.807, 2.05) is 32.0 Å². The van der Waals surface area contributed by atoms with E-state index in [1.165, 1.54) is 0 Å². The molecule has 2 heterocycles. The van der Waals surface area contributed by atoms with Gasteiger partial charge in [-0.2, -0.15) is 0 Å². The maximum absolute atomic E-state index is 10.6. The Balaban J connectivity index is 0.00000338. The summed E-state index contributed by atoms with van der Waals surface area (Å²) in [5.41, 5.74) is -0.258. The Hall–Kier alpha value is -1.81. The Morgan fingerprint density at radius 1 is 1.35 bits per heavy atom. The first-order valence-electron chi connectivity index (χ1n) is 8.25. The fourth-order valence-corrected chi connectivity index (χ4v) is 2.30. The van der Waals surface area contributed by atoms with Crippen molar-refractivity contribution >= 4 is 29.9 Å². The van der Waals surface area contributed by atoms with E-state index in [0.717, 1.165) is 11.3 Å². The predicted molar refractivity (Wildman–Crippen MR) is 112 cm³/mol. The molecular formula is C18H27IN4O3. The molecule has 0 saturated carbocycles. The van der Waals surface area contributed by atoms with E-state index in [1.54, 1.807) is 26.3 Å². The predicted octanol–water partition coefficient (Wildman–Crippen LogP) is 2.57. The van der Waals surface area contributed by atoms with E-state index in [0.29, 0.717) is 30.7 Å². The average Bonchev–Trinajstić information content (AvgIpc) is 3.05. The summed E-state index contributed by atoms with van der Waals surface area (Å²) in [6.45, 7) is 6.91. The average molecular weight is 474 g/mol. The molecule has 0 saturated heterocycles. The van der Waals surface area contributed by atoms with Gasteiger partial charge in [-0.3, -0.25) is 0 Å². The first-order valence-corrected chi connectivity index (χ1v) is 8.25. The van der Waals surface area contributed by atoms with Gasteiger partial charge in [0.15, 0.2) is 5.96 Å². The van der Waals surface area contributed by atoms with Crippen molar-refractivity contribution in [2.75, 3.05) is 20.2 Å². The molecule has 144 valence electrons. The van der Waals surface area contributed by atoms with E-state index in [4.69, 9.17) is 9.15 Å². The lowest BCUT2D eigenvalue weighted by Gasteiger charge is -2.22. The number of hydrogen-bond donors (Lipinski definition) is 3. The van der Waals surface area contributed by atoms with E-state index in [-0.39, 0.29) is 30.5 Å². The van der Waals surface area contributed by atoms with E-state index < -0.39 is 5.60 Å². The number of methoxy groups -OCH3 is 1. The Bertz CT molecular complexity index is 716. The Morgan fingerprint density at radius 2 is 2.12 bits per heavy atom. The zero-order valence-electron chi connectivity index (χ0n) is 15.6. The number of nitrogens with one attached hydrogen (secondary N) is 2. The molecule has 2 aromatic heterocycles. The summed E-state index contributed by atoms with van der Waals surface area (Å²) in [5, 5.41) is 16.9. The highest BCUT2D eigenvalue weighted by Gasteiger charge is 2.27. The van der Waals surface area contributed by atoms with Gasteiger partial charge in [-0.05, 0) is 39.0 Å². The van der Waals surface area contributed by atoms with E-state index in [2.05, 4.69) is 20.6 Å². The van der Waals surface area contributed by atoms with Crippen molar-refractivity contribution in [1.82, 2.24) is 15.6 Å². The first-order chi connectivity index (χ1) is 12.0. The second kappa shape index (κ2) is 10.4. The summed E-state index contributed by atoms with van der Waals surface area (Å²) in [6.07, 6.45) is 1.68. The van der Waals surface area contributed by atoms with Crippen LogP contribution >= 0.6 is 24.0 Å². The van der Waals surface area contributed by atoms with Crippen LogP contribution in [0.2, 0.25) is 0 Å². The molecule has 0 aliphatic rings. The minimum atomic E-state index is -1.14. The number of ether oxygens (including phenoxy) is 1. The molecule has 0 aliphatic heterocycles. The third-order valence-corrected chi connectivity index (χ3v) is 3.67. The number of nitrogens with zero attached hydrogens (tertiary/aromatic N) is 2. The molecule has 1 atom stereocenters. The quantitative estimate of drug-likeness (QED) is 0.325. The zero-order valence-corrected chi connectivity index (χ0v) is 17.9. The second-order valence-electron chi connectivity index (χ2n) is 5.90. The summed E-state index contributed by atoms with van der Waals surface area (Å²) in [6, 6.07) is 7.37. The molecule has 8 heteroatoms. The van der Waals surface area contributed by atoms with E-state index >= 15 is 0 Å². The number of pyridine rings is 1. The van der Waals surface area contributed by atoms with Gasteiger partial charge in [-0.15, -0.1) is 24.0 Å². The maximum atomic E-state index is 10.6. The van der Waals surface area contributed by atoms with Crippen LogP contribution in [0.4, 0.5) is 0 Å². The van der Waals surface area contributed by atoms with Gasteiger partial charge < -0.3 is 24.9 Å². The molecule has 0 aromatic carbocycles. The topological polar surface area (TPSA) is 91.9 Å². The van der Waals surface area contributed by atoms with Crippen molar-refractivity contribution in [2.24, 2.45) is 4.99 Å². The highest BCUT2D eigenvalue weighted by molar-refractivity contribution is 14.0. The van der Waals surface area contributed by atoms with Crippen LogP contribution in [0.5, 0.6) is 5.88 Å². The molecule has 0 radical (unpaired) electrons. The summed E-state index contributed by atoms with van der Waals surface area (Å²) >= 11 is 0. The van der Waals surface area contributed by atoms with Crippen molar-refractivity contribution in [3.63, 3.8) is 0 Å². The number of aryl methyl sites for hydroxylation is 1. The van der Waals surface area contributed by atoms with Crippen LogP contribution in [-0.4, -0.2) is 36.2 Å². The number of guanidine groups is 1. The number of rotatable bonds is 7. The van der Waals surface area contributed by atoms with Crippen molar-refractivity contribution in [3.05, 3.63) is 47.5 Å². The second-order valence-corrected chi connectivity index (χ2v) is 5.90. The molecular weight excluding hydrogens is 447 g/mol. The number of aliphatic imine (C=N–C) groups is 1. The lowest BCUT2D eigenvalue weighted by molar-refractivity contribution is 0.0378. The smallest absolute Gasteiger partial charge is 0.218 e. The zero-order chi connectivity index (χ0) is 18.3. The van der Waals surface area contributed by atoms with Crippen LogP contribution in [0.1, 0.15) is 30.9 Å². The Labute approximate surface area is 171 Å². The van der Waals surface area contributed by atoms with Gasteiger partial charge in [0.25, 0.3) is 0 Å². The highest BCUT2D eigenvalue weighted by atomic mass is 127. The van der Waals surface area contributed by atoms with Gasteiger partial charge in [-0.25, -0.2) is 9.98 Å². The molecule has 0 amide bonds. The summed E-state index contributed by atoms with van der Waals surface area (Å²) in [7, 11) is 1.58. The van der Waals surface area contributed by atoms with Crippen molar-refractivity contribution < 1.29 is 14.3 Å². The normalized spacial score (nSPS) is 13.5. The van der Waals surface area contributed by atoms with Crippen LogP contribution in [0.3, 0.4) is 0 Å². The van der Waals surface area contributed by atoms with Gasteiger partial charge >= 0.3 is 0 Å². The standard InChI is InChI=1S/C18H26N4O3.HI/c1-5-19-17(21-11-14-7-6-10-20-16(14)24-4)22-12-18(3,23)15-9-8-13(2)25-15;/h6-10,23H,5,11-12H2,1-4H3,(H2,19,21,22);1H. The van der Waals surface area contributed by atoms with Crippen LogP contribution in [0.15, 0.2) is 39.9 Å². The molecule has 3 N–H and O–H groups in total. The molecule has 26 heavy (non-hydrogen) atoms. The number of aliphatic hydroxyl groups is 1. The number of hydrogen-bond acceptors (Lipinski definition) is 5. The number of aromatic nitrogens is 1. The lowest BCUT2D eigenvalue weighted by atomic mass is 10.0. The number of furan rings is 1. The van der Waals surface area contributed by atoms with Gasteiger partial charge in [0.2, 0.25) is 5.88 Å². The number of halogens is 1. The van der Waals surface area contributed by atoms with Crippen LogP contribution in [-0.2, 0) is 12.1 Å². The first kappa shape index (κ1) is 22.2. The maximum Gasteiger partial charge on any atom is 0.218 e. The molecule has 1 unspecified atom stereocenters. The Kier molecular flexibility index (Phi) is 8.86. The van der Waals surface area contributed by atoms with Crippen LogP contribution in [0.25, 0.3) is 0 Å². The summed E-state index contributed by atoms with van der Waals surface area (Å²) in [5.74, 6) is 2.43. The minimum Gasteiger partial charge on any atom is -0.481 e. The van der Waals surface area contributed by atoms with Crippen LogP contribution < -0.4 is 15.4 Å². The van der Waals surface area contributed by atoms with Gasteiger partial charge in [0.1, 0.15) is 17.1 Å². The molecule has 2 rings (SSSR count). The molecule has 0 aliphatic carbocycles. The molecule has 0 spiro atoms. The summed E-state index contributed by atoms with van der Waals surface area (Å²) < 4.78 is 10.8. The summed E-state index contributed by atoms with van der Waals surface area (Å²) in [4.78, 5) is 8.69. The largest absolute Gasteiger partial charge is 0.481 e. The molecule has 2 aromatic rings. The molecule has 0 fully saturated rings. The third kappa shape index (κ3) is 6.17. The van der Waals surface area contributed by atoms with Crippen molar-refractivity contribution in [1.29, 1.82) is 0 Å². The monoisotopic (exact) mass is 474 g/mol. The lowest BCUT2D eigenvalue weighted by Crippen LogP contribution is -2.44. The Morgan fingerprint density at radius 3 is 2.73 bits per heavy atom. The minimum absolute atomic E-state index is 0. The van der Waals surface area contributed by atoms with Gasteiger partial charge in [0.05, 0.1) is 20.2 Å². The molecule has 7 nitrogen and oxygen atoms in total. The third-order valence-electron chi connectivity index (χ3n) is 3.67. The van der Waals surface area contributed by atoms with Gasteiger partial charge in [-0.1, -0.05) is 6.07 Å². The van der Waals surface area contributed by atoms with Gasteiger partial charge in [0, 0.05) is 18.3 Å².